The number of likely N-dealkylation sites (tertiary alicyclic amines) is 1. The van der Waals surface area contributed by atoms with E-state index in [1.807, 2.05) is 66.7 Å². The van der Waals surface area contributed by atoms with E-state index >= 15 is 0 Å². The molecule has 0 bridgehead atoms. The lowest BCUT2D eigenvalue weighted by molar-refractivity contribution is -0.128. The number of nitriles is 1. The van der Waals surface area contributed by atoms with Gasteiger partial charge in [-0.3, -0.25) is 38.9 Å². The maximum atomic E-state index is 13.5. The van der Waals surface area contributed by atoms with Crippen molar-refractivity contribution < 1.29 is 41.8 Å². The topological polar surface area (TPSA) is 270 Å². The molecule has 6 aromatic rings. The van der Waals surface area contributed by atoms with Crippen LogP contribution in [-0.4, -0.2) is 106 Å². The van der Waals surface area contributed by atoms with Gasteiger partial charge in [-0.2, -0.15) is 9.64 Å². The molecule has 3 aliphatic rings. The highest BCUT2D eigenvalue weighted by Gasteiger charge is 2.42. The lowest BCUT2D eigenvalue weighted by Gasteiger charge is -2.29. The molecule has 78 heavy (non-hydrogen) atoms. The minimum Gasteiger partial charge on any atom is -0.454 e. The summed E-state index contributed by atoms with van der Waals surface area (Å²) >= 11 is 0.881. The van der Waals surface area contributed by atoms with E-state index in [1.165, 1.54) is 24.5 Å². The van der Waals surface area contributed by atoms with Gasteiger partial charge in [0.2, 0.25) is 28.8 Å². The first-order valence-corrected chi connectivity index (χ1v) is 28.4. The predicted octanol–water partition coefficient (Wildman–Crippen LogP) is 7.27. The molecule has 2 atom stereocenters. The third kappa shape index (κ3) is 14.3. The number of aromatic nitrogens is 5. The van der Waals surface area contributed by atoms with Gasteiger partial charge in [-0.05, 0) is 111 Å². The summed E-state index contributed by atoms with van der Waals surface area (Å²) in [6.45, 7) is 1.42. The fourth-order valence-corrected chi connectivity index (χ4v) is 11.9. The second kappa shape index (κ2) is 26.1. The molecule has 4 aromatic heterocycles. The van der Waals surface area contributed by atoms with E-state index in [9.17, 15) is 32.9 Å². The zero-order chi connectivity index (χ0) is 54.4. The Balaban J connectivity index is 0.685. The number of hydrogen-bond donors (Lipinski definition) is 4. The first-order chi connectivity index (χ1) is 37.9. The number of nitrogens with one attached hydrogen (secondary N) is 4. The molecule has 0 unspecified atom stereocenters. The van der Waals surface area contributed by atoms with Crippen molar-refractivity contribution in [2.45, 2.75) is 106 Å². The molecule has 2 aromatic carbocycles. The standard InChI is InChI=1S/C56H61N11O9S2/c1-67-52(69)30-47(53(67)39-9-5-22-58-32-39)55(71)60-24-26-75-44-17-15-43(16-18-44)74-25-6-10-51(68)65-41-13-11-37(12-14-41)54(70)62-33-42-27-38(21-23-59-42)46-29-48(36-7-3-2-4-8-36)61-34-50(46)76-49-20-19-45(28-40(49)31-57)78(72,73)66-56-63-35-64-77-56/h2-5,7-9,19-23,27-29,32,34-35,37,41,43-44,47,53H,6,10-18,24-26,30,33H2,1H3,(H,60,71)(H,62,70)(H,65,68)(H,63,64,66)/t37?,41?,43?,44?,47-,53+/m0/s1. The molecule has 0 spiro atoms. The largest absolute Gasteiger partial charge is 0.454 e. The summed E-state index contributed by atoms with van der Waals surface area (Å²) in [7, 11) is -2.35. The number of rotatable bonds is 22. The van der Waals surface area contributed by atoms with Crippen LogP contribution in [0.3, 0.4) is 0 Å². The number of carbonyl (C=O) groups is 4. The van der Waals surface area contributed by atoms with Crippen LogP contribution in [0, 0.1) is 23.2 Å². The van der Waals surface area contributed by atoms with Gasteiger partial charge in [-0.15, -0.1) is 0 Å². The van der Waals surface area contributed by atoms with E-state index in [0.29, 0.717) is 86.5 Å². The smallest absolute Gasteiger partial charge is 0.263 e. The van der Waals surface area contributed by atoms with Gasteiger partial charge in [-0.25, -0.2) is 13.4 Å². The Labute approximate surface area is 457 Å². The van der Waals surface area contributed by atoms with E-state index in [-0.39, 0.29) is 88.1 Å². The minimum atomic E-state index is -4.07. The summed E-state index contributed by atoms with van der Waals surface area (Å²) in [6, 6.07) is 24.5. The summed E-state index contributed by atoms with van der Waals surface area (Å²) < 4.78 is 50.9. The Morgan fingerprint density at radius 1 is 0.808 bits per heavy atom. The maximum Gasteiger partial charge on any atom is 0.263 e. The molecule has 0 radical (unpaired) electrons. The molecule has 9 rings (SSSR count). The Bertz CT molecular complexity index is 3190. The lowest BCUT2D eigenvalue weighted by Crippen LogP contribution is -2.40. The van der Waals surface area contributed by atoms with Crippen molar-refractivity contribution >= 4 is 50.3 Å². The van der Waals surface area contributed by atoms with Crippen LogP contribution in [0.2, 0.25) is 0 Å². The fourth-order valence-electron chi connectivity index (χ4n) is 10.2. The van der Waals surface area contributed by atoms with Gasteiger partial charge in [0.15, 0.2) is 5.75 Å². The van der Waals surface area contributed by atoms with Crippen molar-refractivity contribution in [1.29, 1.82) is 5.26 Å². The van der Waals surface area contributed by atoms with Crippen LogP contribution in [0.5, 0.6) is 11.5 Å². The average Bonchev–Trinajstić information content (AvgIpc) is 4.13. The number of amides is 4. The Morgan fingerprint density at radius 3 is 2.32 bits per heavy atom. The van der Waals surface area contributed by atoms with E-state index in [0.717, 1.165) is 48.3 Å². The molecular formula is C56H61N11O9S2. The van der Waals surface area contributed by atoms with Crippen molar-refractivity contribution in [3.8, 4) is 40.0 Å². The third-order valence-electron chi connectivity index (χ3n) is 14.4. The van der Waals surface area contributed by atoms with Crippen molar-refractivity contribution in [3.05, 3.63) is 127 Å². The molecule has 4 N–H and O–H groups in total. The molecule has 4 amide bonds. The van der Waals surface area contributed by atoms with Gasteiger partial charge in [0.05, 0.1) is 65.4 Å². The number of carbonyl (C=O) groups excluding carboxylic acids is 4. The Morgan fingerprint density at radius 2 is 1.59 bits per heavy atom. The molecule has 2 aliphatic carbocycles. The minimum absolute atomic E-state index is 0.00158. The van der Waals surface area contributed by atoms with Gasteiger partial charge < -0.3 is 35.1 Å². The van der Waals surface area contributed by atoms with Crippen LogP contribution >= 0.6 is 11.5 Å². The number of sulfonamides is 1. The van der Waals surface area contributed by atoms with Gasteiger partial charge in [0.1, 0.15) is 18.1 Å². The van der Waals surface area contributed by atoms with Crippen LogP contribution in [-0.2, 0) is 45.2 Å². The molecule has 3 fully saturated rings. The zero-order valence-electron chi connectivity index (χ0n) is 43.1. The molecular weight excluding hydrogens is 1030 g/mol. The van der Waals surface area contributed by atoms with Crippen LogP contribution in [0.1, 0.15) is 93.5 Å². The summed E-state index contributed by atoms with van der Waals surface area (Å²) in [6.07, 6.45) is 15.2. The van der Waals surface area contributed by atoms with E-state index in [2.05, 4.69) is 45.0 Å². The second-order valence-electron chi connectivity index (χ2n) is 19.6. The van der Waals surface area contributed by atoms with Crippen LogP contribution in [0.15, 0.2) is 115 Å². The van der Waals surface area contributed by atoms with Gasteiger partial charge in [0.25, 0.3) is 10.0 Å². The van der Waals surface area contributed by atoms with Crippen molar-refractivity contribution in [1.82, 2.24) is 45.2 Å². The molecule has 2 saturated carbocycles. The van der Waals surface area contributed by atoms with Gasteiger partial charge in [-0.1, -0.05) is 36.4 Å². The van der Waals surface area contributed by atoms with Crippen LogP contribution in [0.4, 0.5) is 5.13 Å². The molecule has 22 heteroatoms. The predicted molar refractivity (Wildman–Crippen MR) is 289 cm³/mol. The van der Waals surface area contributed by atoms with E-state index in [1.54, 1.807) is 36.7 Å². The second-order valence-corrected chi connectivity index (χ2v) is 22.1. The van der Waals surface area contributed by atoms with Crippen molar-refractivity contribution in [3.63, 3.8) is 0 Å². The Hall–Kier alpha value is -7.71. The van der Waals surface area contributed by atoms with Crippen LogP contribution < -0.4 is 25.4 Å². The molecule has 1 aliphatic heterocycles. The number of pyridine rings is 3. The normalized spacial score (nSPS) is 20.3. The SMILES string of the molecule is CN1C(=O)C[C@H](C(=O)NCCOC2CCC(OCCCC(=O)NC3CCC(C(=O)NCc4cc(-c5cc(-c6ccccc6)ncc5Oc5ccc(S(=O)(=O)Nc6ncns6)cc5C#N)ccn4)CC3)CC2)[C@H]1c1cccnc1. The highest BCUT2D eigenvalue weighted by atomic mass is 32.2. The lowest BCUT2D eigenvalue weighted by atomic mass is 9.85. The summed E-state index contributed by atoms with van der Waals surface area (Å²) in [5.74, 6) is -0.595. The van der Waals surface area contributed by atoms with Gasteiger partial charge in [0, 0.05) is 86.3 Å². The number of benzene rings is 2. The molecule has 5 heterocycles. The van der Waals surface area contributed by atoms with E-state index < -0.39 is 15.9 Å². The monoisotopic (exact) mass is 1100 g/mol. The number of ether oxygens (including phenoxy) is 3. The number of nitrogens with zero attached hydrogens (tertiary/aromatic N) is 7. The average molecular weight is 1100 g/mol. The zero-order valence-corrected chi connectivity index (χ0v) is 44.7. The first kappa shape index (κ1) is 55.1. The summed E-state index contributed by atoms with van der Waals surface area (Å²) in [5, 5.41) is 19.4. The number of anilines is 1. The fraction of sp³-hybridized carbons (Fsp3) is 0.393. The number of hydrogen-bond acceptors (Lipinski definition) is 16. The summed E-state index contributed by atoms with van der Waals surface area (Å²) in [4.78, 5) is 70.7. The van der Waals surface area contributed by atoms with E-state index in [4.69, 9.17) is 14.2 Å². The van der Waals surface area contributed by atoms with Crippen molar-refractivity contribution in [2.75, 3.05) is 31.5 Å². The van der Waals surface area contributed by atoms with Crippen LogP contribution in [0.25, 0.3) is 22.4 Å². The third-order valence-corrected chi connectivity index (χ3v) is 16.4. The molecule has 1 saturated heterocycles. The quantitative estimate of drug-likeness (QED) is 0.0487. The van der Waals surface area contributed by atoms with Gasteiger partial charge >= 0.3 is 0 Å². The maximum absolute atomic E-state index is 13.5. The highest BCUT2D eigenvalue weighted by Crippen LogP contribution is 2.39. The summed E-state index contributed by atoms with van der Waals surface area (Å²) in [5.41, 5.74) is 4.28. The molecule has 406 valence electrons. The highest BCUT2D eigenvalue weighted by molar-refractivity contribution is 7.93. The first-order valence-electron chi connectivity index (χ1n) is 26.2. The Kier molecular flexibility index (Phi) is 18.4. The van der Waals surface area contributed by atoms with Crippen molar-refractivity contribution in [2.24, 2.45) is 11.8 Å². The molecule has 20 nitrogen and oxygen atoms in total.